The number of unbranched alkanes of at least 4 members (excludes halogenated alkanes) is 2. The summed E-state index contributed by atoms with van der Waals surface area (Å²) < 4.78 is 0. The summed E-state index contributed by atoms with van der Waals surface area (Å²) >= 11 is 1.90. The van der Waals surface area contributed by atoms with Gasteiger partial charge in [0.1, 0.15) is 5.84 Å². The minimum absolute atomic E-state index is 0.329. The van der Waals surface area contributed by atoms with E-state index in [1.807, 2.05) is 11.8 Å². The van der Waals surface area contributed by atoms with E-state index in [-0.39, 0.29) is 0 Å². The molecule has 4 N–H and O–H groups in total. The number of oxime groups is 1. The summed E-state index contributed by atoms with van der Waals surface area (Å²) in [5.74, 6) is 1.58. The Morgan fingerprint density at radius 2 is 1.93 bits per heavy atom. The molecule has 0 atom stereocenters. The molecule has 0 saturated heterocycles. The molecule has 0 aliphatic heterocycles. The number of nitrogens with one attached hydrogen (secondary N) is 1. The van der Waals surface area contributed by atoms with Crippen LogP contribution in [0.5, 0.6) is 0 Å². The molecule has 0 spiro atoms. The Morgan fingerprint density at radius 3 is 2.53 bits per heavy atom. The molecule has 0 aliphatic rings. The van der Waals surface area contributed by atoms with E-state index in [0.29, 0.717) is 12.3 Å². The highest BCUT2D eigenvalue weighted by Gasteiger charge is 1.93. The maximum Gasteiger partial charge on any atom is 0.139 e. The quantitative estimate of drug-likeness (QED) is 0.176. The molecule has 5 heteroatoms. The summed E-state index contributed by atoms with van der Waals surface area (Å²) in [6.07, 6.45) is 7.43. The van der Waals surface area contributed by atoms with Gasteiger partial charge in [0.15, 0.2) is 0 Å². The standard InChI is InChI=1S/C10H23N3OS/c1-15-9-5-4-8-12-7-3-2-6-10(11)13-14/h12,14H,2-9H2,1H3,(H2,11,13). The molecule has 4 nitrogen and oxygen atoms in total. The van der Waals surface area contributed by atoms with Gasteiger partial charge in [0.25, 0.3) is 0 Å². The molecule has 0 aromatic rings. The topological polar surface area (TPSA) is 70.6 Å². The zero-order valence-electron chi connectivity index (χ0n) is 9.54. The molecule has 0 heterocycles. The Hall–Kier alpha value is -0.420. The smallest absolute Gasteiger partial charge is 0.139 e. The first-order valence-corrected chi connectivity index (χ1v) is 6.86. The van der Waals surface area contributed by atoms with Crippen molar-refractivity contribution in [3.8, 4) is 0 Å². The van der Waals surface area contributed by atoms with E-state index in [1.165, 1.54) is 18.6 Å². The molecule has 0 bridgehead atoms. The fourth-order valence-electron chi connectivity index (χ4n) is 1.23. The van der Waals surface area contributed by atoms with Crippen LogP contribution in [0.4, 0.5) is 0 Å². The summed E-state index contributed by atoms with van der Waals surface area (Å²) in [5.41, 5.74) is 5.35. The number of thioether (sulfide) groups is 1. The van der Waals surface area contributed by atoms with E-state index in [0.717, 1.165) is 25.9 Å². The van der Waals surface area contributed by atoms with Crippen LogP contribution in [0.1, 0.15) is 32.1 Å². The highest BCUT2D eigenvalue weighted by atomic mass is 32.2. The second-order valence-electron chi connectivity index (χ2n) is 3.50. The predicted molar refractivity (Wildman–Crippen MR) is 67.7 cm³/mol. The lowest BCUT2D eigenvalue weighted by atomic mass is 10.2. The lowest BCUT2D eigenvalue weighted by Crippen LogP contribution is -2.18. The van der Waals surface area contributed by atoms with Crippen molar-refractivity contribution in [2.45, 2.75) is 32.1 Å². The van der Waals surface area contributed by atoms with Crippen LogP contribution in [0, 0.1) is 0 Å². The van der Waals surface area contributed by atoms with E-state index in [4.69, 9.17) is 10.9 Å². The molecule has 0 aliphatic carbocycles. The lowest BCUT2D eigenvalue weighted by molar-refractivity contribution is 0.316. The summed E-state index contributed by atoms with van der Waals surface area (Å²) in [6.45, 7) is 2.13. The average molecular weight is 233 g/mol. The normalized spacial score (nSPS) is 11.9. The van der Waals surface area contributed by atoms with Crippen molar-refractivity contribution >= 4 is 17.6 Å². The van der Waals surface area contributed by atoms with Gasteiger partial charge in [0, 0.05) is 6.42 Å². The van der Waals surface area contributed by atoms with Gasteiger partial charge in [-0.3, -0.25) is 0 Å². The predicted octanol–water partition coefficient (Wildman–Crippen LogP) is 1.64. The van der Waals surface area contributed by atoms with Crippen LogP contribution in [0.3, 0.4) is 0 Å². The number of nitrogens with zero attached hydrogens (tertiary/aromatic N) is 1. The largest absolute Gasteiger partial charge is 0.409 e. The number of hydrogen-bond donors (Lipinski definition) is 3. The van der Waals surface area contributed by atoms with Crippen molar-refractivity contribution in [1.82, 2.24) is 5.32 Å². The summed E-state index contributed by atoms with van der Waals surface area (Å²) in [6, 6.07) is 0. The number of rotatable bonds is 10. The van der Waals surface area contributed by atoms with Gasteiger partial charge in [-0.1, -0.05) is 5.16 Å². The van der Waals surface area contributed by atoms with Crippen LogP contribution >= 0.6 is 11.8 Å². The van der Waals surface area contributed by atoms with Crippen LogP contribution in [-0.2, 0) is 0 Å². The Kier molecular flexibility index (Phi) is 11.3. The van der Waals surface area contributed by atoms with Gasteiger partial charge in [-0.2, -0.15) is 11.8 Å². The van der Waals surface area contributed by atoms with Gasteiger partial charge in [-0.15, -0.1) is 0 Å². The maximum atomic E-state index is 8.30. The third kappa shape index (κ3) is 11.5. The van der Waals surface area contributed by atoms with Crippen LogP contribution in [0.25, 0.3) is 0 Å². The molecule has 0 saturated carbocycles. The number of nitrogens with two attached hydrogens (primary N) is 1. The summed E-state index contributed by atoms with van der Waals surface area (Å²) in [4.78, 5) is 0. The molecular formula is C10H23N3OS. The van der Waals surface area contributed by atoms with E-state index < -0.39 is 0 Å². The van der Waals surface area contributed by atoms with E-state index in [2.05, 4.69) is 16.7 Å². The van der Waals surface area contributed by atoms with Crippen molar-refractivity contribution in [2.24, 2.45) is 10.9 Å². The zero-order valence-corrected chi connectivity index (χ0v) is 10.4. The van der Waals surface area contributed by atoms with Gasteiger partial charge in [-0.25, -0.2) is 0 Å². The Labute approximate surface area is 96.7 Å². The second kappa shape index (κ2) is 11.7. The van der Waals surface area contributed by atoms with Crippen LogP contribution < -0.4 is 11.1 Å². The van der Waals surface area contributed by atoms with Crippen molar-refractivity contribution in [1.29, 1.82) is 0 Å². The van der Waals surface area contributed by atoms with Crippen LogP contribution in [-0.4, -0.2) is 36.1 Å². The van der Waals surface area contributed by atoms with E-state index in [1.54, 1.807) is 0 Å². The highest BCUT2D eigenvalue weighted by molar-refractivity contribution is 7.98. The maximum absolute atomic E-state index is 8.30. The lowest BCUT2D eigenvalue weighted by Gasteiger charge is -2.03. The van der Waals surface area contributed by atoms with Gasteiger partial charge in [0.05, 0.1) is 0 Å². The Morgan fingerprint density at radius 1 is 1.27 bits per heavy atom. The molecule has 0 fully saturated rings. The van der Waals surface area contributed by atoms with Gasteiger partial charge in [0.2, 0.25) is 0 Å². The molecule has 0 unspecified atom stereocenters. The third-order valence-electron chi connectivity index (χ3n) is 2.12. The average Bonchev–Trinajstić information content (AvgIpc) is 2.26. The minimum atomic E-state index is 0.329. The second-order valence-corrected chi connectivity index (χ2v) is 4.48. The fourth-order valence-corrected chi connectivity index (χ4v) is 1.72. The van der Waals surface area contributed by atoms with Gasteiger partial charge < -0.3 is 16.3 Å². The molecule has 15 heavy (non-hydrogen) atoms. The van der Waals surface area contributed by atoms with Crippen LogP contribution in [0.2, 0.25) is 0 Å². The monoisotopic (exact) mass is 233 g/mol. The first-order chi connectivity index (χ1) is 7.31. The SMILES string of the molecule is CSCCCCNCCCCC(N)=NO. The summed E-state index contributed by atoms with van der Waals surface area (Å²) in [5, 5.41) is 14.6. The van der Waals surface area contributed by atoms with Gasteiger partial charge in [-0.05, 0) is 50.8 Å². The molecule has 90 valence electrons. The van der Waals surface area contributed by atoms with Crippen molar-refractivity contribution < 1.29 is 5.21 Å². The first-order valence-electron chi connectivity index (χ1n) is 5.47. The zero-order chi connectivity index (χ0) is 11.4. The van der Waals surface area contributed by atoms with E-state index >= 15 is 0 Å². The number of hydrogen-bond acceptors (Lipinski definition) is 4. The van der Waals surface area contributed by atoms with E-state index in [9.17, 15) is 0 Å². The Balaban J connectivity index is 2.99. The minimum Gasteiger partial charge on any atom is -0.409 e. The molecule has 0 aromatic heterocycles. The van der Waals surface area contributed by atoms with Crippen molar-refractivity contribution in [3.63, 3.8) is 0 Å². The molecule has 0 rings (SSSR count). The molecule has 0 aromatic carbocycles. The molecule has 0 amide bonds. The van der Waals surface area contributed by atoms with Crippen LogP contribution in [0.15, 0.2) is 5.16 Å². The number of amidine groups is 1. The fraction of sp³-hybridized carbons (Fsp3) is 0.900. The molecule has 0 radical (unpaired) electrons. The summed E-state index contributed by atoms with van der Waals surface area (Å²) in [7, 11) is 0. The van der Waals surface area contributed by atoms with Crippen molar-refractivity contribution in [2.75, 3.05) is 25.1 Å². The molecular weight excluding hydrogens is 210 g/mol. The van der Waals surface area contributed by atoms with Crippen molar-refractivity contribution in [3.05, 3.63) is 0 Å². The highest BCUT2D eigenvalue weighted by Crippen LogP contribution is 1.98. The van der Waals surface area contributed by atoms with Gasteiger partial charge >= 0.3 is 0 Å². The Bertz CT molecular complexity index is 165. The third-order valence-corrected chi connectivity index (χ3v) is 2.81. The first kappa shape index (κ1) is 14.6.